The number of carbonyl (C=O) groups is 1. The molecule has 0 aliphatic rings. The summed E-state index contributed by atoms with van der Waals surface area (Å²) in [5.41, 5.74) is 0.0973. The van der Waals surface area contributed by atoms with Crippen molar-refractivity contribution in [2.24, 2.45) is 11.3 Å². The number of amides is 1. The van der Waals surface area contributed by atoms with Crippen molar-refractivity contribution in [2.45, 2.75) is 54.4 Å². The van der Waals surface area contributed by atoms with Crippen LogP contribution < -0.4 is 0 Å². The Bertz CT molecular complexity index is 191. The fourth-order valence-electron chi connectivity index (χ4n) is 1.59. The van der Waals surface area contributed by atoms with Gasteiger partial charge in [-0.3, -0.25) is 4.79 Å². The Hall–Kier alpha value is -0.530. The molecule has 0 bridgehead atoms. The van der Waals surface area contributed by atoms with Crippen molar-refractivity contribution in [3.63, 3.8) is 0 Å². The van der Waals surface area contributed by atoms with Gasteiger partial charge in [-0.05, 0) is 17.8 Å². The van der Waals surface area contributed by atoms with Crippen LogP contribution in [-0.4, -0.2) is 23.9 Å². The molecule has 0 fully saturated rings. The van der Waals surface area contributed by atoms with Gasteiger partial charge in [0, 0.05) is 19.5 Å². The van der Waals surface area contributed by atoms with E-state index in [-0.39, 0.29) is 5.41 Å². The zero-order valence-electron chi connectivity index (χ0n) is 11.3. The molecule has 0 radical (unpaired) electrons. The molecule has 90 valence electrons. The minimum Gasteiger partial charge on any atom is -0.342 e. The van der Waals surface area contributed by atoms with Crippen molar-refractivity contribution >= 4 is 5.91 Å². The predicted octanol–water partition coefficient (Wildman–Crippen LogP) is 3.32. The molecule has 15 heavy (non-hydrogen) atoms. The molecule has 0 rings (SSSR count). The van der Waals surface area contributed by atoms with Crippen LogP contribution in [0, 0.1) is 11.3 Å². The molecule has 2 nitrogen and oxygen atoms in total. The van der Waals surface area contributed by atoms with Crippen LogP contribution in [0.25, 0.3) is 0 Å². The van der Waals surface area contributed by atoms with E-state index in [4.69, 9.17) is 0 Å². The molecule has 0 N–H and O–H groups in total. The molecule has 0 aromatic rings. The van der Waals surface area contributed by atoms with Gasteiger partial charge in [0.2, 0.25) is 5.91 Å². The van der Waals surface area contributed by atoms with E-state index in [1.807, 2.05) is 4.90 Å². The molecule has 0 aliphatic heterocycles. The molecule has 0 heterocycles. The van der Waals surface area contributed by atoms with Gasteiger partial charge in [-0.2, -0.15) is 0 Å². The van der Waals surface area contributed by atoms with Crippen molar-refractivity contribution in [1.82, 2.24) is 4.90 Å². The molecule has 0 saturated heterocycles. The van der Waals surface area contributed by atoms with Crippen LogP contribution in [0.1, 0.15) is 54.4 Å². The van der Waals surface area contributed by atoms with E-state index < -0.39 is 0 Å². The van der Waals surface area contributed by atoms with E-state index in [1.54, 1.807) is 0 Å². The van der Waals surface area contributed by atoms with E-state index in [2.05, 4.69) is 41.5 Å². The van der Waals surface area contributed by atoms with Crippen molar-refractivity contribution in [1.29, 1.82) is 0 Å². The fourth-order valence-corrected chi connectivity index (χ4v) is 1.59. The van der Waals surface area contributed by atoms with Gasteiger partial charge in [-0.25, -0.2) is 0 Å². The molecule has 1 amide bonds. The van der Waals surface area contributed by atoms with Crippen LogP contribution in [0.5, 0.6) is 0 Å². The zero-order valence-corrected chi connectivity index (χ0v) is 11.3. The van der Waals surface area contributed by atoms with Crippen molar-refractivity contribution in [3.05, 3.63) is 0 Å². The van der Waals surface area contributed by atoms with Gasteiger partial charge in [0.25, 0.3) is 0 Å². The van der Waals surface area contributed by atoms with Crippen molar-refractivity contribution < 1.29 is 4.79 Å². The van der Waals surface area contributed by atoms with E-state index in [9.17, 15) is 4.79 Å². The first-order valence-electron chi connectivity index (χ1n) is 6.04. The Morgan fingerprint density at radius 3 is 2.13 bits per heavy atom. The minimum atomic E-state index is 0.0973. The van der Waals surface area contributed by atoms with Crippen LogP contribution in [-0.2, 0) is 4.79 Å². The quantitative estimate of drug-likeness (QED) is 0.686. The highest BCUT2D eigenvalue weighted by molar-refractivity contribution is 5.76. The van der Waals surface area contributed by atoms with E-state index in [0.717, 1.165) is 19.5 Å². The maximum absolute atomic E-state index is 12.0. The first kappa shape index (κ1) is 14.5. The first-order chi connectivity index (χ1) is 6.76. The topological polar surface area (TPSA) is 20.3 Å². The number of carbonyl (C=O) groups excluding carboxylic acids is 1. The number of rotatable bonds is 5. The van der Waals surface area contributed by atoms with Crippen LogP contribution in [0.3, 0.4) is 0 Å². The average molecular weight is 213 g/mol. The second kappa shape index (κ2) is 6.14. The molecule has 0 aliphatic carbocycles. The number of hydrogen-bond acceptors (Lipinski definition) is 1. The van der Waals surface area contributed by atoms with Crippen LogP contribution >= 0.6 is 0 Å². The normalized spacial score (nSPS) is 11.9. The van der Waals surface area contributed by atoms with Crippen LogP contribution in [0.2, 0.25) is 0 Å². The summed E-state index contributed by atoms with van der Waals surface area (Å²) < 4.78 is 0. The molecule has 2 heteroatoms. The lowest BCUT2D eigenvalue weighted by Crippen LogP contribution is -2.36. The summed E-state index contributed by atoms with van der Waals surface area (Å²) in [6.45, 7) is 14.6. The highest BCUT2D eigenvalue weighted by Crippen LogP contribution is 2.20. The van der Waals surface area contributed by atoms with E-state index >= 15 is 0 Å². The van der Waals surface area contributed by atoms with Crippen LogP contribution in [0.4, 0.5) is 0 Å². The minimum absolute atomic E-state index is 0.0973. The first-order valence-corrected chi connectivity index (χ1v) is 6.04. The molecule has 0 saturated carbocycles. The Morgan fingerprint density at radius 2 is 1.80 bits per heavy atom. The molecule has 0 aromatic heterocycles. The lowest BCUT2D eigenvalue weighted by atomic mass is 9.91. The third-order valence-corrected chi connectivity index (χ3v) is 2.11. The number of hydrogen-bond donors (Lipinski definition) is 0. The Labute approximate surface area is 95.0 Å². The largest absolute Gasteiger partial charge is 0.342 e. The Kier molecular flexibility index (Phi) is 5.92. The van der Waals surface area contributed by atoms with Gasteiger partial charge in [0.1, 0.15) is 0 Å². The van der Waals surface area contributed by atoms with Gasteiger partial charge in [0.15, 0.2) is 0 Å². The summed E-state index contributed by atoms with van der Waals surface area (Å²) in [4.78, 5) is 14.0. The second-order valence-corrected chi connectivity index (χ2v) is 5.97. The summed E-state index contributed by atoms with van der Waals surface area (Å²) in [6.07, 6.45) is 1.70. The Balaban J connectivity index is 4.28. The highest BCUT2D eigenvalue weighted by atomic mass is 16.2. The monoisotopic (exact) mass is 213 g/mol. The standard InChI is InChI=1S/C13H27NO/c1-7-8-14(10-11(2)3)12(15)9-13(4,5)6/h11H,7-10H2,1-6H3. The fraction of sp³-hybridized carbons (Fsp3) is 0.923. The third-order valence-electron chi connectivity index (χ3n) is 2.11. The third kappa shape index (κ3) is 7.40. The maximum Gasteiger partial charge on any atom is 0.223 e. The summed E-state index contributed by atoms with van der Waals surface area (Å²) in [6, 6.07) is 0. The Morgan fingerprint density at radius 1 is 1.27 bits per heavy atom. The molecular weight excluding hydrogens is 186 g/mol. The van der Waals surface area contributed by atoms with Gasteiger partial charge < -0.3 is 4.90 Å². The second-order valence-electron chi connectivity index (χ2n) is 5.97. The summed E-state index contributed by atoms with van der Waals surface area (Å²) in [5.74, 6) is 0.860. The van der Waals surface area contributed by atoms with Crippen molar-refractivity contribution in [3.8, 4) is 0 Å². The average Bonchev–Trinajstić information content (AvgIpc) is 1.99. The molecule has 0 unspecified atom stereocenters. The van der Waals surface area contributed by atoms with Gasteiger partial charge in [0.05, 0.1) is 0 Å². The predicted molar refractivity (Wildman–Crippen MR) is 65.8 cm³/mol. The number of nitrogens with zero attached hydrogens (tertiary/aromatic N) is 1. The molecular formula is C13H27NO. The summed E-state index contributed by atoms with van der Waals surface area (Å²) in [5, 5.41) is 0. The van der Waals surface area contributed by atoms with Gasteiger partial charge in [-0.1, -0.05) is 41.5 Å². The maximum atomic E-state index is 12.0. The van der Waals surface area contributed by atoms with Crippen LogP contribution in [0.15, 0.2) is 0 Å². The van der Waals surface area contributed by atoms with Gasteiger partial charge in [-0.15, -0.1) is 0 Å². The summed E-state index contributed by atoms with van der Waals surface area (Å²) in [7, 11) is 0. The zero-order chi connectivity index (χ0) is 12.1. The van der Waals surface area contributed by atoms with E-state index in [1.165, 1.54) is 0 Å². The van der Waals surface area contributed by atoms with E-state index in [0.29, 0.717) is 18.2 Å². The highest BCUT2D eigenvalue weighted by Gasteiger charge is 2.20. The summed E-state index contributed by atoms with van der Waals surface area (Å²) >= 11 is 0. The SMILES string of the molecule is CCCN(CC(C)C)C(=O)CC(C)(C)C. The molecule has 0 spiro atoms. The lowest BCUT2D eigenvalue weighted by Gasteiger charge is -2.27. The van der Waals surface area contributed by atoms with Crippen molar-refractivity contribution in [2.75, 3.05) is 13.1 Å². The van der Waals surface area contributed by atoms with Gasteiger partial charge >= 0.3 is 0 Å². The smallest absolute Gasteiger partial charge is 0.223 e. The lowest BCUT2D eigenvalue weighted by molar-refractivity contribution is -0.133. The molecule has 0 aromatic carbocycles. The molecule has 0 atom stereocenters.